The molecular formula is C20H24N4O2. The molecule has 0 bridgehead atoms. The lowest BCUT2D eigenvalue weighted by Crippen LogP contribution is -2.19. The van der Waals surface area contributed by atoms with Gasteiger partial charge in [0.05, 0.1) is 17.5 Å². The van der Waals surface area contributed by atoms with Crippen LogP contribution in [0.1, 0.15) is 32.3 Å². The van der Waals surface area contributed by atoms with Crippen LogP contribution >= 0.6 is 0 Å². The Kier molecular flexibility index (Phi) is 5.11. The maximum atomic E-state index is 12.3. The van der Waals surface area contributed by atoms with Crippen LogP contribution < -0.4 is 15.4 Å². The van der Waals surface area contributed by atoms with Gasteiger partial charge in [0.1, 0.15) is 0 Å². The van der Waals surface area contributed by atoms with Crippen molar-refractivity contribution in [2.45, 2.75) is 26.7 Å². The van der Waals surface area contributed by atoms with Crippen molar-refractivity contribution >= 4 is 28.3 Å². The minimum absolute atomic E-state index is 0.288. The lowest BCUT2D eigenvalue weighted by Gasteiger charge is -2.10. The van der Waals surface area contributed by atoms with Gasteiger partial charge in [-0.15, -0.1) is 5.10 Å². The van der Waals surface area contributed by atoms with Crippen LogP contribution in [0.25, 0.3) is 10.9 Å². The maximum Gasteiger partial charge on any atom is 0.323 e. The van der Waals surface area contributed by atoms with Crippen LogP contribution in [0.2, 0.25) is 0 Å². The van der Waals surface area contributed by atoms with Gasteiger partial charge >= 0.3 is 6.03 Å². The monoisotopic (exact) mass is 352 g/mol. The van der Waals surface area contributed by atoms with Crippen LogP contribution in [0, 0.1) is 0 Å². The van der Waals surface area contributed by atoms with Gasteiger partial charge in [-0.3, -0.25) is 4.68 Å². The molecule has 0 unspecified atom stereocenters. The van der Waals surface area contributed by atoms with E-state index in [1.165, 1.54) is 5.56 Å². The van der Waals surface area contributed by atoms with E-state index in [1.807, 2.05) is 56.4 Å². The molecular weight excluding hydrogens is 328 g/mol. The molecule has 6 nitrogen and oxygen atoms in total. The first-order valence-electron chi connectivity index (χ1n) is 8.75. The van der Waals surface area contributed by atoms with Crippen molar-refractivity contribution in [2.24, 2.45) is 7.05 Å². The Hall–Kier alpha value is -3.02. The molecule has 0 spiro atoms. The number of rotatable bonds is 5. The Bertz CT molecular complexity index is 913. The SMILES string of the molecule is CCOc1nn(C)c2ccc(NC(=O)Nc3ccc(C(C)C)cc3)cc12. The van der Waals surface area contributed by atoms with E-state index in [-0.39, 0.29) is 6.03 Å². The predicted molar refractivity (Wildman–Crippen MR) is 105 cm³/mol. The number of hydrogen-bond donors (Lipinski definition) is 2. The van der Waals surface area contributed by atoms with Gasteiger partial charge in [0.15, 0.2) is 0 Å². The van der Waals surface area contributed by atoms with E-state index in [1.54, 1.807) is 4.68 Å². The number of urea groups is 1. The number of carbonyl (C=O) groups excluding carboxylic acids is 1. The number of aryl methyl sites for hydroxylation is 1. The van der Waals surface area contributed by atoms with E-state index in [4.69, 9.17) is 4.74 Å². The molecule has 1 heterocycles. The lowest BCUT2D eigenvalue weighted by atomic mass is 10.0. The third kappa shape index (κ3) is 3.79. The number of amides is 2. The quantitative estimate of drug-likeness (QED) is 0.697. The highest BCUT2D eigenvalue weighted by molar-refractivity contribution is 6.01. The highest BCUT2D eigenvalue weighted by atomic mass is 16.5. The second-order valence-electron chi connectivity index (χ2n) is 6.45. The Balaban J connectivity index is 1.73. The van der Waals surface area contributed by atoms with Crippen LogP contribution in [0.5, 0.6) is 5.88 Å². The number of hydrogen-bond acceptors (Lipinski definition) is 3. The van der Waals surface area contributed by atoms with Crippen molar-refractivity contribution in [3.05, 3.63) is 48.0 Å². The average Bonchev–Trinajstić information content (AvgIpc) is 2.91. The summed E-state index contributed by atoms with van der Waals surface area (Å²) in [6.45, 7) is 6.73. The first-order chi connectivity index (χ1) is 12.5. The topological polar surface area (TPSA) is 68.2 Å². The standard InChI is InChI=1S/C20H24N4O2/c1-5-26-19-17-12-16(10-11-18(17)24(4)23-19)22-20(25)21-15-8-6-14(7-9-15)13(2)3/h6-13H,5H2,1-4H3,(H2,21,22,25). The molecule has 2 amide bonds. The summed E-state index contributed by atoms with van der Waals surface area (Å²) < 4.78 is 7.33. The number of nitrogens with zero attached hydrogens (tertiary/aromatic N) is 2. The van der Waals surface area contributed by atoms with Crippen LogP contribution in [0.15, 0.2) is 42.5 Å². The summed E-state index contributed by atoms with van der Waals surface area (Å²) in [6.07, 6.45) is 0. The first kappa shape index (κ1) is 17.8. The van der Waals surface area contributed by atoms with Crippen molar-refractivity contribution in [3.63, 3.8) is 0 Å². The van der Waals surface area contributed by atoms with Gasteiger partial charge in [0, 0.05) is 18.4 Å². The first-order valence-corrected chi connectivity index (χ1v) is 8.75. The molecule has 0 radical (unpaired) electrons. The number of nitrogens with one attached hydrogen (secondary N) is 2. The van der Waals surface area contributed by atoms with E-state index in [2.05, 4.69) is 29.6 Å². The fraction of sp³-hybridized carbons (Fsp3) is 0.300. The number of fused-ring (bicyclic) bond motifs is 1. The highest BCUT2D eigenvalue weighted by Crippen LogP contribution is 2.27. The smallest absolute Gasteiger partial charge is 0.323 e. The zero-order valence-corrected chi connectivity index (χ0v) is 15.5. The van der Waals surface area contributed by atoms with Crippen molar-refractivity contribution in [1.82, 2.24) is 9.78 Å². The lowest BCUT2D eigenvalue weighted by molar-refractivity contribution is 0.262. The van der Waals surface area contributed by atoms with E-state index < -0.39 is 0 Å². The number of ether oxygens (including phenoxy) is 1. The Morgan fingerprint density at radius 3 is 2.42 bits per heavy atom. The maximum absolute atomic E-state index is 12.3. The van der Waals surface area contributed by atoms with Gasteiger partial charge in [-0.25, -0.2) is 4.79 Å². The predicted octanol–water partition coefficient (Wildman–Crippen LogP) is 4.74. The van der Waals surface area contributed by atoms with E-state index in [0.717, 1.165) is 16.6 Å². The molecule has 3 rings (SSSR count). The third-order valence-corrected chi connectivity index (χ3v) is 4.19. The summed E-state index contributed by atoms with van der Waals surface area (Å²) in [5.41, 5.74) is 3.62. The van der Waals surface area contributed by atoms with Crippen molar-refractivity contribution in [2.75, 3.05) is 17.2 Å². The number of anilines is 2. The molecule has 0 fully saturated rings. The minimum atomic E-state index is -0.288. The zero-order valence-electron chi connectivity index (χ0n) is 15.5. The van der Waals surface area contributed by atoms with Crippen LogP contribution in [-0.4, -0.2) is 22.4 Å². The number of carbonyl (C=O) groups is 1. The van der Waals surface area contributed by atoms with Gasteiger partial charge in [0.2, 0.25) is 5.88 Å². The van der Waals surface area contributed by atoms with Crippen LogP contribution in [0.4, 0.5) is 16.2 Å². The fourth-order valence-electron chi connectivity index (χ4n) is 2.80. The minimum Gasteiger partial charge on any atom is -0.476 e. The van der Waals surface area contributed by atoms with Gasteiger partial charge in [-0.05, 0) is 48.7 Å². The van der Waals surface area contributed by atoms with Crippen molar-refractivity contribution < 1.29 is 9.53 Å². The van der Waals surface area contributed by atoms with Crippen molar-refractivity contribution in [1.29, 1.82) is 0 Å². The zero-order chi connectivity index (χ0) is 18.7. The molecule has 0 atom stereocenters. The van der Waals surface area contributed by atoms with Gasteiger partial charge in [-0.1, -0.05) is 26.0 Å². The Labute approximate surface area is 153 Å². The summed E-state index contributed by atoms with van der Waals surface area (Å²) >= 11 is 0. The third-order valence-electron chi connectivity index (χ3n) is 4.19. The second-order valence-corrected chi connectivity index (χ2v) is 6.45. The second kappa shape index (κ2) is 7.47. The molecule has 2 N–H and O–H groups in total. The summed E-state index contributed by atoms with van der Waals surface area (Å²) in [6, 6.07) is 13.2. The van der Waals surface area contributed by atoms with Crippen LogP contribution in [0.3, 0.4) is 0 Å². The summed E-state index contributed by atoms with van der Waals surface area (Å²) in [7, 11) is 1.87. The number of aromatic nitrogens is 2. The van der Waals surface area contributed by atoms with E-state index >= 15 is 0 Å². The van der Waals surface area contributed by atoms with Gasteiger partial charge < -0.3 is 15.4 Å². The Morgan fingerprint density at radius 1 is 1.12 bits per heavy atom. The summed E-state index contributed by atoms with van der Waals surface area (Å²) in [5, 5.41) is 10.9. The number of benzene rings is 2. The van der Waals surface area contributed by atoms with E-state index in [9.17, 15) is 4.79 Å². The molecule has 0 aliphatic carbocycles. The molecule has 0 aliphatic heterocycles. The molecule has 2 aromatic carbocycles. The summed E-state index contributed by atoms with van der Waals surface area (Å²) in [4.78, 5) is 12.3. The average molecular weight is 352 g/mol. The molecule has 26 heavy (non-hydrogen) atoms. The molecule has 136 valence electrons. The molecule has 3 aromatic rings. The molecule has 0 aliphatic rings. The van der Waals surface area contributed by atoms with Gasteiger partial charge in [0.25, 0.3) is 0 Å². The van der Waals surface area contributed by atoms with E-state index in [0.29, 0.717) is 24.1 Å². The largest absolute Gasteiger partial charge is 0.476 e. The molecule has 1 aromatic heterocycles. The molecule has 0 saturated carbocycles. The normalized spacial score (nSPS) is 11.0. The van der Waals surface area contributed by atoms with Crippen LogP contribution in [-0.2, 0) is 7.05 Å². The molecule has 6 heteroatoms. The highest BCUT2D eigenvalue weighted by Gasteiger charge is 2.11. The fourth-order valence-corrected chi connectivity index (χ4v) is 2.80. The molecule has 0 saturated heterocycles. The van der Waals surface area contributed by atoms with Gasteiger partial charge in [-0.2, -0.15) is 0 Å². The van der Waals surface area contributed by atoms with Crippen molar-refractivity contribution in [3.8, 4) is 5.88 Å². The Morgan fingerprint density at radius 2 is 1.77 bits per heavy atom. The summed E-state index contributed by atoms with van der Waals surface area (Å²) in [5.74, 6) is 1.03.